The maximum Gasteiger partial charge on any atom is 0.323 e. The van der Waals surface area contributed by atoms with Gasteiger partial charge in [-0.2, -0.15) is 0 Å². The van der Waals surface area contributed by atoms with Crippen LogP contribution in [-0.4, -0.2) is 46.1 Å². The van der Waals surface area contributed by atoms with Crippen LogP contribution in [0.4, 0.5) is 0 Å². The van der Waals surface area contributed by atoms with Crippen molar-refractivity contribution in [1.82, 2.24) is 10.2 Å². The lowest BCUT2D eigenvalue weighted by atomic mass is 9.87. The predicted octanol–water partition coefficient (Wildman–Crippen LogP) is 1.62. The lowest BCUT2D eigenvalue weighted by Crippen LogP contribution is -2.61. The quantitative estimate of drug-likeness (QED) is 0.796. The van der Waals surface area contributed by atoms with Gasteiger partial charge in [-0.15, -0.1) is 0 Å². The zero-order valence-corrected chi connectivity index (χ0v) is 12.4. The number of amides is 1. The lowest BCUT2D eigenvalue weighted by molar-refractivity contribution is -0.156. The van der Waals surface area contributed by atoms with E-state index in [-0.39, 0.29) is 11.9 Å². The van der Waals surface area contributed by atoms with Gasteiger partial charge >= 0.3 is 5.97 Å². The summed E-state index contributed by atoms with van der Waals surface area (Å²) in [4.78, 5) is 25.5. The first-order valence-electron chi connectivity index (χ1n) is 7.13. The molecule has 1 fully saturated rings. The zero-order chi connectivity index (χ0) is 14.6. The van der Waals surface area contributed by atoms with E-state index in [1.54, 1.807) is 13.8 Å². The third-order valence-electron chi connectivity index (χ3n) is 4.26. The molecule has 1 aliphatic heterocycles. The maximum atomic E-state index is 12.2. The van der Waals surface area contributed by atoms with Crippen LogP contribution in [0.25, 0.3) is 0 Å². The zero-order valence-electron chi connectivity index (χ0n) is 12.4. The van der Waals surface area contributed by atoms with Crippen LogP contribution < -0.4 is 5.32 Å². The van der Waals surface area contributed by atoms with Crippen LogP contribution in [0.3, 0.4) is 0 Å². The minimum atomic E-state index is -0.926. The molecule has 0 aromatic heterocycles. The first-order chi connectivity index (χ1) is 8.82. The summed E-state index contributed by atoms with van der Waals surface area (Å²) in [5.41, 5.74) is -0.926. The molecule has 1 saturated heterocycles. The van der Waals surface area contributed by atoms with E-state index in [9.17, 15) is 14.7 Å². The molecule has 0 radical (unpaired) electrons. The predicted molar refractivity (Wildman–Crippen MR) is 74.0 cm³/mol. The standard InChI is InChI=1S/C14H26N2O3/c1-5-10(2)15-12(17)11(3)16-9-7-6-8-14(16,4)13(18)19/h10-11H,5-9H2,1-4H3,(H,15,17)(H,18,19). The van der Waals surface area contributed by atoms with Crippen molar-refractivity contribution in [2.75, 3.05) is 6.54 Å². The Morgan fingerprint density at radius 1 is 1.37 bits per heavy atom. The second-order valence-electron chi connectivity index (χ2n) is 5.72. The number of hydrogen-bond acceptors (Lipinski definition) is 3. The van der Waals surface area contributed by atoms with Crippen molar-refractivity contribution in [3.8, 4) is 0 Å². The van der Waals surface area contributed by atoms with Gasteiger partial charge in [-0.1, -0.05) is 6.92 Å². The summed E-state index contributed by atoms with van der Waals surface area (Å²) in [5, 5.41) is 12.4. The fourth-order valence-electron chi connectivity index (χ4n) is 2.60. The summed E-state index contributed by atoms with van der Waals surface area (Å²) < 4.78 is 0. The maximum absolute atomic E-state index is 12.2. The molecule has 0 saturated carbocycles. The third-order valence-corrected chi connectivity index (χ3v) is 4.26. The number of nitrogens with one attached hydrogen (secondary N) is 1. The van der Waals surface area contributed by atoms with Crippen LogP contribution in [0.1, 0.15) is 53.4 Å². The molecule has 5 nitrogen and oxygen atoms in total. The highest BCUT2D eigenvalue weighted by Gasteiger charge is 2.45. The molecular formula is C14H26N2O3. The number of carbonyl (C=O) groups excluding carboxylic acids is 1. The van der Waals surface area contributed by atoms with Gasteiger partial charge in [0.25, 0.3) is 0 Å². The molecular weight excluding hydrogens is 244 g/mol. The van der Waals surface area contributed by atoms with Crippen molar-refractivity contribution in [3.05, 3.63) is 0 Å². The van der Waals surface area contributed by atoms with Crippen molar-refractivity contribution in [3.63, 3.8) is 0 Å². The van der Waals surface area contributed by atoms with Gasteiger partial charge in [0, 0.05) is 12.6 Å². The van der Waals surface area contributed by atoms with Gasteiger partial charge < -0.3 is 10.4 Å². The Balaban J connectivity index is 2.80. The summed E-state index contributed by atoms with van der Waals surface area (Å²) in [7, 11) is 0. The molecule has 2 N–H and O–H groups in total. The Morgan fingerprint density at radius 2 is 2.00 bits per heavy atom. The van der Waals surface area contributed by atoms with Crippen LogP contribution >= 0.6 is 0 Å². The number of piperidine rings is 1. The topological polar surface area (TPSA) is 69.6 Å². The van der Waals surface area contributed by atoms with E-state index in [1.165, 1.54) is 0 Å². The third kappa shape index (κ3) is 3.47. The number of rotatable bonds is 5. The van der Waals surface area contributed by atoms with Crippen LogP contribution in [0.2, 0.25) is 0 Å². The minimum absolute atomic E-state index is 0.0799. The molecule has 1 heterocycles. The van der Waals surface area contributed by atoms with Crippen molar-refractivity contribution >= 4 is 11.9 Å². The number of aliphatic carboxylic acids is 1. The fourth-order valence-corrected chi connectivity index (χ4v) is 2.60. The number of carbonyl (C=O) groups is 2. The number of nitrogens with zero attached hydrogens (tertiary/aromatic N) is 1. The largest absolute Gasteiger partial charge is 0.480 e. The lowest BCUT2D eigenvalue weighted by Gasteiger charge is -2.44. The van der Waals surface area contributed by atoms with E-state index in [1.807, 2.05) is 18.7 Å². The summed E-state index contributed by atoms with van der Waals surface area (Å²) in [5.74, 6) is -0.917. The highest BCUT2D eigenvalue weighted by atomic mass is 16.4. The highest BCUT2D eigenvalue weighted by Crippen LogP contribution is 2.30. The molecule has 0 bridgehead atoms. The van der Waals surface area contributed by atoms with Crippen molar-refractivity contribution in [2.24, 2.45) is 0 Å². The molecule has 1 amide bonds. The second kappa shape index (κ2) is 6.37. The Kier molecular flexibility index (Phi) is 5.35. The van der Waals surface area contributed by atoms with E-state index in [0.29, 0.717) is 13.0 Å². The van der Waals surface area contributed by atoms with E-state index in [2.05, 4.69) is 5.32 Å². The van der Waals surface area contributed by atoms with E-state index in [4.69, 9.17) is 0 Å². The Morgan fingerprint density at radius 3 is 2.53 bits per heavy atom. The molecule has 0 aliphatic carbocycles. The fraction of sp³-hybridized carbons (Fsp3) is 0.857. The Labute approximate surface area is 115 Å². The number of likely N-dealkylation sites (tertiary alicyclic amines) is 1. The van der Waals surface area contributed by atoms with Gasteiger partial charge in [0.05, 0.1) is 6.04 Å². The summed E-state index contributed by atoms with van der Waals surface area (Å²) >= 11 is 0. The molecule has 0 spiro atoms. The van der Waals surface area contributed by atoms with Crippen molar-refractivity contribution in [1.29, 1.82) is 0 Å². The van der Waals surface area contributed by atoms with Gasteiger partial charge in [-0.25, -0.2) is 0 Å². The molecule has 110 valence electrons. The minimum Gasteiger partial charge on any atom is -0.480 e. The summed E-state index contributed by atoms with van der Waals surface area (Å²) in [6.45, 7) is 8.15. The van der Waals surface area contributed by atoms with Crippen molar-refractivity contribution < 1.29 is 14.7 Å². The number of hydrogen-bond donors (Lipinski definition) is 2. The van der Waals surface area contributed by atoms with Crippen molar-refractivity contribution in [2.45, 2.75) is 71.0 Å². The molecule has 1 aliphatic rings. The van der Waals surface area contributed by atoms with Crippen LogP contribution in [0.15, 0.2) is 0 Å². The SMILES string of the molecule is CCC(C)NC(=O)C(C)N1CCCCC1(C)C(=O)O. The monoisotopic (exact) mass is 270 g/mol. The summed E-state index contributed by atoms with van der Waals surface area (Å²) in [6.07, 6.45) is 3.32. The summed E-state index contributed by atoms with van der Waals surface area (Å²) in [6, 6.07) is -0.286. The first kappa shape index (κ1) is 16.0. The van der Waals surface area contributed by atoms with Crippen LogP contribution in [0, 0.1) is 0 Å². The van der Waals surface area contributed by atoms with Gasteiger partial charge in [0.1, 0.15) is 5.54 Å². The number of carboxylic acids is 1. The smallest absolute Gasteiger partial charge is 0.323 e. The molecule has 3 atom stereocenters. The first-order valence-corrected chi connectivity index (χ1v) is 7.13. The molecule has 3 unspecified atom stereocenters. The Hall–Kier alpha value is -1.10. The van der Waals surface area contributed by atoms with Gasteiger partial charge in [0.2, 0.25) is 5.91 Å². The van der Waals surface area contributed by atoms with E-state index >= 15 is 0 Å². The average molecular weight is 270 g/mol. The molecule has 0 aromatic rings. The molecule has 19 heavy (non-hydrogen) atoms. The highest BCUT2D eigenvalue weighted by molar-refractivity contribution is 5.84. The van der Waals surface area contributed by atoms with Gasteiger partial charge in [-0.05, 0) is 46.5 Å². The van der Waals surface area contributed by atoms with Crippen LogP contribution in [0.5, 0.6) is 0 Å². The normalized spacial score (nSPS) is 27.6. The van der Waals surface area contributed by atoms with E-state index in [0.717, 1.165) is 19.3 Å². The van der Waals surface area contributed by atoms with Crippen LogP contribution in [-0.2, 0) is 9.59 Å². The number of carboxylic acid groups (broad SMARTS) is 1. The molecule has 5 heteroatoms. The molecule has 0 aromatic carbocycles. The Bertz CT molecular complexity index is 346. The average Bonchev–Trinajstić information content (AvgIpc) is 2.38. The second-order valence-corrected chi connectivity index (χ2v) is 5.72. The van der Waals surface area contributed by atoms with Gasteiger partial charge in [-0.3, -0.25) is 14.5 Å². The molecule has 1 rings (SSSR count). The van der Waals surface area contributed by atoms with E-state index < -0.39 is 17.6 Å². The van der Waals surface area contributed by atoms with Gasteiger partial charge in [0.15, 0.2) is 0 Å².